The average molecular weight is 380 g/mol. The third-order valence-corrected chi connectivity index (χ3v) is 4.51. The van der Waals surface area contributed by atoms with E-state index in [0.717, 1.165) is 6.07 Å². The fourth-order valence-electron chi connectivity index (χ4n) is 3.40. The van der Waals surface area contributed by atoms with Crippen LogP contribution in [0.5, 0.6) is 0 Å². The van der Waals surface area contributed by atoms with E-state index in [9.17, 15) is 22.8 Å². The molecule has 5 nitrogen and oxygen atoms in total. The maximum Gasteiger partial charge on any atom is 0.417 e. The summed E-state index contributed by atoms with van der Waals surface area (Å²) in [6, 6.07) is 1.56. The SMILES string of the molecule is C#Cc1cc2c(c(C(F)(F)F)c1)C(=O)N1CCN(C(=O)OC(C)(C)C)C[C@@H]21. The predicted molar refractivity (Wildman–Crippen MR) is 91.0 cm³/mol. The van der Waals surface area contributed by atoms with Gasteiger partial charge in [-0.2, -0.15) is 13.2 Å². The first-order valence-electron chi connectivity index (χ1n) is 8.43. The van der Waals surface area contributed by atoms with Gasteiger partial charge in [0.05, 0.1) is 17.2 Å². The van der Waals surface area contributed by atoms with Gasteiger partial charge < -0.3 is 14.5 Å². The molecule has 1 atom stereocenters. The zero-order valence-electron chi connectivity index (χ0n) is 15.2. The van der Waals surface area contributed by atoms with E-state index in [0.29, 0.717) is 0 Å². The number of piperazine rings is 1. The highest BCUT2D eigenvalue weighted by Gasteiger charge is 2.47. The quantitative estimate of drug-likeness (QED) is 0.648. The standard InChI is InChI=1S/C19H19F3N2O3/c1-5-11-8-12-14-10-23(17(26)27-18(2,3)4)6-7-24(14)16(25)15(12)13(9-11)19(20,21)22/h1,8-9,14H,6-7,10H2,2-4H3/t14-/m0/s1. The summed E-state index contributed by atoms with van der Waals surface area (Å²) in [5.41, 5.74) is -1.85. The van der Waals surface area contributed by atoms with Gasteiger partial charge >= 0.3 is 12.3 Å². The number of carbonyl (C=O) groups is 2. The van der Waals surface area contributed by atoms with E-state index in [4.69, 9.17) is 11.2 Å². The molecule has 0 N–H and O–H groups in total. The van der Waals surface area contributed by atoms with Crippen LogP contribution in [-0.2, 0) is 10.9 Å². The highest BCUT2D eigenvalue weighted by atomic mass is 19.4. The number of carbonyl (C=O) groups excluding carboxylic acids is 2. The third kappa shape index (κ3) is 3.46. The highest BCUT2D eigenvalue weighted by Crippen LogP contribution is 2.43. The number of terminal acetylenes is 1. The monoisotopic (exact) mass is 380 g/mol. The Morgan fingerprint density at radius 2 is 1.93 bits per heavy atom. The van der Waals surface area contributed by atoms with Gasteiger partial charge in [-0.3, -0.25) is 4.79 Å². The number of nitrogens with zero attached hydrogens (tertiary/aromatic N) is 2. The molecule has 2 amide bonds. The van der Waals surface area contributed by atoms with Crippen LogP contribution in [0.2, 0.25) is 0 Å². The zero-order chi connectivity index (χ0) is 20.1. The van der Waals surface area contributed by atoms with Crippen LogP contribution in [0, 0.1) is 12.3 Å². The minimum absolute atomic E-state index is 0.0464. The first-order chi connectivity index (χ1) is 12.4. The molecule has 0 bridgehead atoms. The van der Waals surface area contributed by atoms with E-state index in [2.05, 4.69) is 5.92 Å². The number of benzene rings is 1. The van der Waals surface area contributed by atoms with Crippen molar-refractivity contribution in [3.05, 3.63) is 34.4 Å². The number of fused-ring (bicyclic) bond motifs is 3. The molecule has 0 saturated carbocycles. The molecule has 2 aliphatic heterocycles. The minimum atomic E-state index is -4.70. The smallest absolute Gasteiger partial charge is 0.417 e. The van der Waals surface area contributed by atoms with Crippen molar-refractivity contribution in [2.45, 2.75) is 38.6 Å². The first-order valence-corrected chi connectivity index (χ1v) is 8.43. The topological polar surface area (TPSA) is 49.9 Å². The summed E-state index contributed by atoms with van der Waals surface area (Å²) >= 11 is 0. The summed E-state index contributed by atoms with van der Waals surface area (Å²) in [6.07, 6.45) is 0.0382. The van der Waals surface area contributed by atoms with E-state index in [1.165, 1.54) is 15.9 Å². The summed E-state index contributed by atoms with van der Waals surface area (Å²) in [7, 11) is 0. The van der Waals surface area contributed by atoms with Crippen molar-refractivity contribution < 1.29 is 27.5 Å². The molecule has 144 valence electrons. The van der Waals surface area contributed by atoms with Gasteiger partial charge in [0.2, 0.25) is 0 Å². The van der Waals surface area contributed by atoms with E-state index in [-0.39, 0.29) is 36.3 Å². The maximum atomic E-state index is 13.5. The number of halogens is 3. The Balaban J connectivity index is 2.00. The fourth-order valence-corrected chi connectivity index (χ4v) is 3.40. The van der Waals surface area contributed by atoms with Crippen LogP contribution in [0.15, 0.2) is 12.1 Å². The largest absolute Gasteiger partial charge is 0.444 e. The second-order valence-corrected chi connectivity index (χ2v) is 7.57. The number of amides is 2. The van der Waals surface area contributed by atoms with Crippen molar-refractivity contribution in [2.24, 2.45) is 0 Å². The fraction of sp³-hybridized carbons (Fsp3) is 0.474. The number of hydrogen-bond acceptors (Lipinski definition) is 3. The van der Waals surface area contributed by atoms with Crippen LogP contribution in [0.1, 0.15) is 53.9 Å². The molecular weight excluding hydrogens is 361 g/mol. The lowest BCUT2D eigenvalue weighted by Crippen LogP contribution is -2.50. The molecule has 0 unspecified atom stereocenters. The molecular formula is C19H19F3N2O3. The van der Waals surface area contributed by atoms with E-state index >= 15 is 0 Å². The van der Waals surface area contributed by atoms with Crippen LogP contribution in [0.3, 0.4) is 0 Å². The Labute approximate surface area is 155 Å². The van der Waals surface area contributed by atoms with Crippen LogP contribution < -0.4 is 0 Å². The maximum absolute atomic E-state index is 13.5. The van der Waals surface area contributed by atoms with Crippen LogP contribution in [0.25, 0.3) is 0 Å². The Hall–Kier alpha value is -2.69. The van der Waals surface area contributed by atoms with Gasteiger partial charge in [0.1, 0.15) is 5.60 Å². The molecule has 27 heavy (non-hydrogen) atoms. The summed E-state index contributed by atoms with van der Waals surface area (Å²) in [6.45, 7) is 5.55. The Bertz CT molecular complexity index is 849. The minimum Gasteiger partial charge on any atom is -0.444 e. The van der Waals surface area contributed by atoms with Gasteiger partial charge in [-0.05, 0) is 38.5 Å². The van der Waals surface area contributed by atoms with E-state index in [1.807, 2.05) is 0 Å². The number of alkyl halides is 3. The van der Waals surface area contributed by atoms with Gasteiger partial charge in [-0.25, -0.2) is 4.79 Å². The molecule has 0 spiro atoms. The summed E-state index contributed by atoms with van der Waals surface area (Å²) in [4.78, 5) is 27.7. The summed E-state index contributed by atoms with van der Waals surface area (Å²) in [5, 5.41) is 0. The Kier molecular flexibility index (Phi) is 4.37. The zero-order valence-corrected chi connectivity index (χ0v) is 15.2. The van der Waals surface area contributed by atoms with Crippen molar-refractivity contribution in [2.75, 3.05) is 19.6 Å². The molecule has 0 aliphatic carbocycles. The molecule has 0 aromatic heterocycles. The second-order valence-electron chi connectivity index (χ2n) is 7.57. The van der Waals surface area contributed by atoms with Gasteiger partial charge in [-0.15, -0.1) is 6.42 Å². The van der Waals surface area contributed by atoms with Crippen molar-refractivity contribution in [1.29, 1.82) is 0 Å². The lowest BCUT2D eigenvalue weighted by atomic mass is 9.95. The van der Waals surface area contributed by atoms with Gasteiger partial charge in [0.25, 0.3) is 5.91 Å². The summed E-state index contributed by atoms with van der Waals surface area (Å²) < 4.78 is 45.8. The predicted octanol–water partition coefficient (Wildman–Crippen LogP) is 3.43. The molecule has 3 rings (SSSR count). The highest BCUT2D eigenvalue weighted by molar-refractivity contribution is 6.01. The molecule has 2 aliphatic rings. The molecule has 0 radical (unpaired) electrons. The summed E-state index contributed by atoms with van der Waals surface area (Å²) in [5.74, 6) is 1.52. The van der Waals surface area contributed by atoms with E-state index < -0.39 is 35.4 Å². The lowest BCUT2D eigenvalue weighted by Gasteiger charge is -2.38. The average Bonchev–Trinajstić information content (AvgIpc) is 2.84. The van der Waals surface area contributed by atoms with Crippen molar-refractivity contribution >= 4 is 12.0 Å². The molecule has 1 aromatic rings. The third-order valence-electron chi connectivity index (χ3n) is 4.51. The van der Waals surface area contributed by atoms with E-state index in [1.54, 1.807) is 20.8 Å². The normalized spacial score (nSPS) is 19.4. The van der Waals surface area contributed by atoms with Gasteiger partial charge in [-0.1, -0.05) is 5.92 Å². The van der Waals surface area contributed by atoms with Crippen LogP contribution in [0.4, 0.5) is 18.0 Å². The second kappa shape index (κ2) is 6.19. The number of hydrogen-bond donors (Lipinski definition) is 0. The molecule has 1 aromatic carbocycles. The Morgan fingerprint density at radius 1 is 1.26 bits per heavy atom. The van der Waals surface area contributed by atoms with Crippen LogP contribution in [-0.4, -0.2) is 47.0 Å². The van der Waals surface area contributed by atoms with Gasteiger partial charge in [0, 0.05) is 25.2 Å². The van der Waals surface area contributed by atoms with Crippen molar-refractivity contribution in [3.8, 4) is 12.3 Å². The molecule has 8 heteroatoms. The molecule has 1 saturated heterocycles. The molecule has 1 fully saturated rings. The van der Waals surface area contributed by atoms with Gasteiger partial charge in [0.15, 0.2) is 0 Å². The van der Waals surface area contributed by atoms with Crippen molar-refractivity contribution in [1.82, 2.24) is 9.80 Å². The number of ether oxygens (including phenoxy) is 1. The lowest BCUT2D eigenvalue weighted by molar-refractivity contribution is -0.138. The first kappa shape index (κ1) is 19.1. The van der Waals surface area contributed by atoms with Crippen LogP contribution >= 0.6 is 0 Å². The van der Waals surface area contributed by atoms with Crippen molar-refractivity contribution in [3.63, 3.8) is 0 Å². The number of rotatable bonds is 0. The molecule has 2 heterocycles. The Morgan fingerprint density at radius 3 is 2.48 bits per heavy atom.